The number of carboxylic acid groups (broad SMARTS) is 1. The molecule has 0 spiro atoms. The van der Waals surface area contributed by atoms with E-state index in [1.54, 1.807) is 33.6 Å². The molecule has 12 rings (SSSR count). The van der Waals surface area contributed by atoms with Crippen molar-refractivity contribution >= 4 is 34.8 Å². The predicted molar refractivity (Wildman–Crippen MR) is 241 cm³/mol. The minimum absolute atomic E-state index is 0. The average molecular weight is 997 g/mol. The van der Waals surface area contributed by atoms with Crippen molar-refractivity contribution in [3.63, 3.8) is 0 Å². The van der Waals surface area contributed by atoms with E-state index in [2.05, 4.69) is 20.8 Å². The number of rotatable bonds is 10. The number of alkyl halides is 6. The largest absolute Gasteiger partial charge is 1.00 e. The second kappa shape index (κ2) is 20.0. The van der Waals surface area contributed by atoms with Gasteiger partial charge in [-0.15, -0.1) is 0 Å². The van der Waals surface area contributed by atoms with Crippen molar-refractivity contribution in [1.29, 1.82) is 0 Å². The molecule has 6 fully saturated rings. The number of carbonyl (C=O) groups excluding carboxylic acids is 3. The van der Waals surface area contributed by atoms with Crippen LogP contribution in [-0.4, -0.2) is 71.8 Å². The van der Waals surface area contributed by atoms with E-state index >= 15 is 0 Å². The zero-order valence-corrected chi connectivity index (χ0v) is 41.1. The Morgan fingerprint density at radius 1 is 0.592 bits per heavy atom. The molecule has 4 bridgehead atoms. The van der Waals surface area contributed by atoms with Gasteiger partial charge < -0.3 is 26.0 Å². The normalized spacial score (nSPS) is 23.4. The van der Waals surface area contributed by atoms with E-state index in [1.807, 2.05) is 12.1 Å². The van der Waals surface area contributed by atoms with Crippen LogP contribution in [0.1, 0.15) is 131 Å². The summed E-state index contributed by atoms with van der Waals surface area (Å²) in [5, 5.41) is 24.6. The van der Waals surface area contributed by atoms with Gasteiger partial charge >= 0.3 is 53.8 Å². The zero-order chi connectivity index (χ0) is 49.0. The van der Waals surface area contributed by atoms with Crippen molar-refractivity contribution in [2.75, 3.05) is 7.11 Å². The minimum atomic E-state index is -4.39. The van der Waals surface area contributed by atoms with Crippen molar-refractivity contribution in [3.8, 4) is 0 Å². The molecule has 6 saturated carbocycles. The fraction of sp³-hybridized carbons (Fsp3) is 0.412. The van der Waals surface area contributed by atoms with Crippen LogP contribution in [0.15, 0.2) is 97.6 Å². The van der Waals surface area contributed by atoms with Gasteiger partial charge in [-0.05, 0) is 149 Å². The Hall–Kier alpha value is -5.76. The van der Waals surface area contributed by atoms with Crippen LogP contribution in [0.4, 0.5) is 26.3 Å². The molecule has 4 aromatic heterocycles. The van der Waals surface area contributed by atoms with Gasteiger partial charge in [-0.2, -0.15) is 36.5 Å². The number of aliphatic carboxylic acids is 1. The monoisotopic (exact) mass is 996 g/mol. The van der Waals surface area contributed by atoms with Crippen LogP contribution in [-0.2, 0) is 39.5 Å². The van der Waals surface area contributed by atoms with Gasteiger partial charge in [-0.1, -0.05) is 36.4 Å². The van der Waals surface area contributed by atoms with Gasteiger partial charge in [0.15, 0.2) is 0 Å². The summed E-state index contributed by atoms with van der Waals surface area (Å²) in [4.78, 5) is 50.7. The van der Waals surface area contributed by atoms with Gasteiger partial charge in [0.05, 0.1) is 63.6 Å². The molecule has 6 aliphatic rings. The Balaban J connectivity index is 0.000000203. The third kappa shape index (κ3) is 10.5. The van der Waals surface area contributed by atoms with Crippen molar-refractivity contribution < 1.29 is 90.4 Å². The molecule has 4 N–H and O–H groups in total. The summed E-state index contributed by atoms with van der Waals surface area (Å²) in [6.45, 7) is 0. The maximum absolute atomic E-state index is 13.4. The summed E-state index contributed by atoms with van der Waals surface area (Å²) >= 11 is 0. The molecule has 0 radical (unpaired) electrons. The SMILES string of the molecule is COC(=O)C12CCC(NC(=O)c3cnn4cccc(Cc5ccc(C(F)(F)F)cc5)c34)(CC1)CC2.O=C(NC12CCC(C(=O)O)(CC1)CC2)c1cnn2cccc(Cc3ccc(C(F)(F)F)cc3)c12.[Na+].[OH-]. The minimum Gasteiger partial charge on any atom is -0.870 e. The number of benzene rings is 2. The number of hydrogen-bond donors (Lipinski definition) is 3. The molecule has 6 aromatic rings. The molecule has 0 unspecified atom stereocenters. The maximum Gasteiger partial charge on any atom is 1.00 e. The van der Waals surface area contributed by atoms with Gasteiger partial charge in [0.1, 0.15) is 0 Å². The molecular formula is C51H51F6N6NaO7. The second-order valence-corrected chi connectivity index (χ2v) is 19.3. The predicted octanol–water partition coefficient (Wildman–Crippen LogP) is 6.62. The standard InChI is InChI=1S/C26H26F3N3O3.C25H24F3N3O3.Na.H2O/c1-35-23(34)24-8-11-25(12-9-24,13-10-24)31-22(33)20-16-30-32-14-2-3-18(21(20)32)15-17-4-6-19(7-5-17)26(27,28)29;26-25(27,28)18-5-3-16(4-6-18)14-17-2-1-13-31-20(17)19(15-29-31)21(32)30-24-10-7-23(8-11-24,9-12-24)22(33)34;;/h2-7,14,16H,8-13,15H2,1H3,(H,31,33);1-6,13,15H,7-12,14H2,(H,30,32)(H,33,34);;1H2/q;;+1;/p-1. The number of nitrogens with one attached hydrogen (secondary N) is 2. The van der Waals surface area contributed by atoms with E-state index in [0.717, 1.165) is 35.4 Å². The molecule has 6 aliphatic carbocycles. The van der Waals surface area contributed by atoms with Gasteiger partial charge in [0, 0.05) is 23.5 Å². The van der Waals surface area contributed by atoms with Crippen LogP contribution in [0, 0.1) is 10.8 Å². The number of ether oxygens (including phenoxy) is 1. The second-order valence-electron chi connectivity index (χ2n) is 19.3. The van der Waals surface area contributed by atoms with Crippen LogP contribution < -0.4 is 40.2 Å². The summed E-state index contributed by atoms with van der Waals surface area (Å²) in [6, 6.07) is 17.3. The fourth-order valence-electron chi connectivity index (χ4n) is 11.1. The number of methoxy groups -OCH3 is 1. The number of pyridine rings is 2. The van der Waals surface area contributed by atoms with Crippen LogP contribution in [0.5, 0.6) is 0 Å². The van der Waals surface area contributed by atoms with Crippen LogP contribution in [0.25, 0.3) is 11.0 Å². The number of nitrogens with zero attached hydrogens (tertiary/aromatic N) is 4. The molecule has 4 heterocycles. The number of halogens is 6. The number of aromatic nitrogens is 4. The number of hydrogen-bond acceptors (Lipinski definition) is 8. The molecule has 2 aromatic carbocycles. The summed E-state index contributed by atoms with van der Waals surface area (Å²) < 4.78 is 85.6. The smallest absolute Gasteiger partial charge is 0.870 e. The first-order valence-corrected chi connectivity index (χ1v) is 23.0. The van der Waals surface area contributed by atoms with Crippen LogP contribution in [0.3, 0.4) is 0 Å². The molecule has 0 atom stereocenters. The quantitative estimate of drug-likeness (QED) is 0.0771. The van der Waals surface area contributed by atoms with Gasteiger partial charge in [0.25, 0.3) is 11.8 Å². The van der Waals surface area contributed by atoms with Crippen molar-refractivity contribution in [2.45, 2.75) is 113 Å². The van der Waals surface area contributed by atoms with Crippen molar-refractivity contribution in [2.24, 2.45) is 10.8 Å². The fourth-order valence-corrected chi connectivity index (χ4v) is 11.1. The summed E-state index contributed by atoms with van der Waals surface area (Å²) in [6.07, 6.45) is 6.18. The summed E-state index contributed by atoms with van der Waals surface area (Å²) in [5.41, 5.74) is 1.79. The zero-order valence-electron chi connectivity index (χ0n) is 39.1. The Morgan fingerprint density at radius 2 is 0.944 bits per heavy atom. The van der Waals surface area contributed by atoms with E-state index in [0.29, 0.717) is 123 Å². The van der Waals surface area contributed by atoms with Gasteiger partial charge in [-0.25, -0.2) is 9.03 Å². The van der Waals surface area contributed by atoms with Crippen LogP contribution in [0.2, 0.25) is 0 Å². The number of esters is 1. The van der Waals surface area contributed by atoms with E-state index in [4.69, 9.17) is 4.74 Å². The third-order valence-corrected chi connectivity index (χ3v) is 15.4. The van der Waals surface area contributed by atoms with Crippen molar-refractivity contribution in [1.82, 2.24) is 29.9 Å². The van der Waals surface area contributed by atoms with Crippen LogP contribution >= 0.6 is 0 Å². The molecule has 20 heteroatoms. The van der Waals surface area contributed by atoms with E-state index in [9.17, 15) is 50.6 Å². The molecule has 0 saturated heterocycles. The van der Waals surface area contributed by atoms with E-state index < -0.39 is 45.8 Å². The number of fused-ring (bicyclic) bond motifs is 8. The van der Waals surface area contributed by atoms with E-state index in [-0.39, 0.29) is 58.4 Å². The van der Waals surface area contributed by atoms with Gasteiger partial charge in [0.2, 0.25) is 0 Å². The Kier molecular flexibility index (Phi) is 15.0. The first kappa shape index (κ1) is 53.0. The Labute approximate surface area is 426 Å². The average Bonchev–Trinajstić information content (AvgIpc) is 3.99. The molecule has 370 valence electrons. The third-order valence-electron chi connectivity index (χ3n) is 15.4. The number of carboxylic acids is 1. The van der Waals surface area contributed by atoms with E-state index in [1.165, 1.54) is 43.8 Å². The summed E-state index contributed by atoms with van der Waals surface area (Å²) in [7, 11) is 1.42. The first-order chi connectivity index (χ1) is 32.8. The molecule has 0 aliphatic heterocycles. The number of amides is 2. The Bertz CT molecular complexity index is 2900. The molecule has 2 amide bonds. The summed E-state index contributed by atoms with van der Waals surface area (Å²) in [5.74, 6) is -1.40. The van der Waals surface area contributed by atoms with Crippen molar-refractivity contribution in [3.05, 3.63) is 142 Å². The molecular weight excluding hydrogens is 946 g/mol. The number of carbonyl (C=O) groups is 4. The first-order valence-electron chi connectivity index (χ1n) is 23.0. The van der Waals surface area contributed by atoms with Gasteiger partial charge in [-0.3, -0.25) is 19.2 Å². The topological polar surface area (TPSA) is 186 Å². The maximum atomic E-state index is 13.4. The molecule has 71 heavy (non-hydrogen) atoms. The Morgan fingerprint density at radius 3 is 1.27 bits per heavy atom. The molecule has 13 nitrogen and oxygen atoms in total.